The molecule has 0 bridgehead atoms. The largest absolute Gasteiger partial charge is 0.444 e. The number of hydrogen-bond donors (Lipinski definition) is 2. The third-order valence-corrected chi connectivity index (χ3v) is 13.9. The molecule has 2 N–H and O–H groups in total. The summed E-state index contributed by atoms with van der Waals surface area (Å²) in [7, 11) is 0. The van der Waals surface area contributed by atoms with Crippen LogP contribution >= 0.6 is 13.5 Å². The Labute approximate surface area is 492 Å². The van der Waals surface area contributed by atoms with Gasteiger partial charge in [-0.05, 0) is 133 Å². The first-order chi connectivity index (χ1) is 38.2. The van der Waals surface area contributed by atoms with E-state index in [2.05, 4.69) is 95.2 Å². The van der Waals surface area contributed by atoms with E-state index in [-0.39, 0.29) is 57.0 Å². The molecule has 82 heavy (non-hydrogen) atoms. The number of carbonyl (C=O) groups excluding carboxylic acids is 4. The lowest BCUT2D eigenvalue weighted by atomic mass is 9.95. The number of likely N-dealkylation sites (tertiary alicyclic amines) is 1. The summed E-state index contributed by atoms with van der Waals surface area (Å²) in [5, 5.41) is 11.3. The lowest BCUT2D eigenvalue weighted by Crippen LogP contribution is -2.48. The van der Waals surface area contributed by atoms with Crippen molar-refractivity contribution in [3.8, 4) is 11.1 Å². The van der Waals surface area contributed by atoms with Crippen molar-refractivity contribution in [1.29, 1.82) is 0 Å². The summed E-state index contributed by atoms with van der Waals surface area (Å²) in [6.07, 6.45) is 16.3. The topological polar surface area (TPSA) is 161 Å². The molecule has 0 saturated carbocycles. The third-order valence-electron chi connectivity index (χ3n) is 13.9. The fourth-order valence-corrected chi connectivity index (χ4v) is 9.86. The number of piperidine rings is 1. The highest BCUT2D eigenvalue weighted by atomic mass is 32.1. The summed E-state index contributed by atoms with van der Waals surface area (Å²) in [5.41, 5.74) is 9.32. The van der Waals surface area contributed by atoms with Crippen molar-refractivity contribution in [2.75, 3.05) is 64.2 Å². The fourth-order valence-electron chi connectivity index (χ4n) is 9.86. The van der Waals surface area contributed by atoms with Crippen molar-refractivity contribution in [1.82, 2.24) is 34.8 Å². The maximum atomic E-state index is 14.1. The summed E-state index contributed by atoms with van der Waals surface area (Å²) < 4.78 is 19.0. The van der Waals surface area contributed by atoms with Crippen LogP contribution in [0, 0.1) is 32.5 Å². The number of fused-ring (bicyclic) bond motifs is 1. The number of nitrogens with one attached hydrogen (secondary N) is 2. The van der Waals surface area contributed by atoms with Crippen molar-refractivity contribution in [3.63, 3.8) is 0 Å². The molecule has 0 spiro atoms. The smallest absolute Gasteiger partial charge is 0.411 e. The highest BCUT2D eigenvalue weighted by molar-refractivity contribution is 7.59. The maximum Gasteiger partial charge on any atom is 0.411 e. The van der Waals surface area contributed by atoms with Crippen LogP contribution in [0.3, 0.4) is 0 Å². The molecule has 3 aliphatic rings. The van der Waals surface area contributed by atoms with Crippen LogP contribution in [0.5, 0.6) is 0 Å². The summed E-state index contributed by atoms with van der Waals surface area (Å²) >= 11 is 0. The Morgan fingerprint density at radius 3 is 2.13 bits per heavy atom. The number of piperazine rings is 1. The molecular weight excluding hydrogens is 1050 g/mol. The van der Waals surface area contributed by atoms with E-state index in [1.54, 1.807) is 58.2 Å². The summed E-state index contributed by atoms with van der Waals surface area (Å²) in [6.45, 7) is 26.2. The Balaban J connectivity index is 0.000000390. The Hall–Kier alpha value is -7.43. The number of anilines is 1. The van der Waals surface area contributed by atoms with Crippen LogP contribution in [0.2, 0.25) is 0 Å². The van der Waals surface area contributed by atoms with Gasteiger partial charge in [0.25, 0.3) is 11.5 Å². The number of amides is 4. The number of allylic oxidation sites excluding steroid dienone is 3. The van der Waals surface area contributed by atoms with Gasteiger partial charge in [0.1, 0.15) is 18.0 Å². The molecule has 14 nitrogen and oxygen atoms in total. The molecule has 440 valence electrons. The molecule has 0 unspecified atom stereocenters. The Morgan fingerprint density at radius 1 is 0.866 bits per heavy atom. The molecule has 2 fully saturated rings. The van der Waals surface area contributed by atoms with Gasteiger partial charge in [-0.1, -0.05) is 129 Å². The third kappa shape index (κ3) is 20.5. The molecule has 2 aliphatic heterocycles. The average Bonchev–Trinajstić information content (AvgIpc) is 3.45. The minimum atomic E-state index is -0.770. The van der Waals surface area contributed by atoms with E-state index in [4.69, 9.17) is 4.74 Å². The number of H-pyrrole nitrogens is 1. The molecule has 3 aromatic carbocycles. The highest BCUT2D eigenvalue weighted by Crippen LogP contribution is 2.28. The maximum absolute atomic E-state index is 14.1. The van der Waals surface area contributed by atoms with Crippen LogP contribution in [0.25, 0.3) is 23.3 Å². The Kier molecular flexibility index (Phi) is 26.4. The highest BCUT2D eigenvalue weighted by Gasteiger charge is 2.30. The SMILES string of the molecule is C.C=C/C=C(\C=C(C)C)CN(CC(=O)Nc1cc(-c2cccc(CC)c2)cnc1C(=O)N1CCC(CN2CCN(C=O)CC2)CC1)C(=O)OC(C)(C)C.Cc1cc(Cc2n[nH]c(=O)c3c2=CCCC=3)ccc1F.Cc1cccc(C)c1.S. The average molecular weight is 1140 g/mol. The van der Waals surface area contributed by atoms with Crippen LogP contribution < -0.4 is 21.3 Å². The zero-order chi connectivity index (χ0) is 57.9. The molecule has 1 aliphatic carbocycles. The van der Waals surface area contributed by atoms with E-state index >= 15 is 0 Å². The van der Waals surface area contributed by atoms with Crippen LogP contribution in [0.4, 0.5) is 14.9 Å². The zero-order valence-electron chi connectivity index (χ0n) is 48.9. The molecule has 8 rings (SSSR count). The van der Waals surface area contributed by atoms with E-state index in [0.29, 0.717) is 41.9 Å². The monoisotopic (exact) mass is 1140 g/mol. The molecule has 0 atom stereocenters. The van der Waals surface area contributed by atoms with Crippen molar-refractivity contribution in [2.45, 2.75) is 114 Å². The van der Waals surface area contributed by atoms with Crippen molar-refractivity contribution < 1.29 is 28.3 Å². The second kappa shape index (κ2) is 32.3. The predicted molar refractivity (Wildman–Crippen MR) is 335 cm³/mol. The Morgan fingerprint density at radius 2 is 1.54 bits per heavy atom. The first kappa shape index (κ1) is 67.1. The first-order valence-corrected chi connectivity index (χ1v) is 27.8. The molecule has 16 heteroatoms. The Bertz CT molecular complexity index is 3220. The summed E-state index contributed by atoms with van der Waals surface area (Å²) in [5.74, 6) is -0.474. The van der Waals surface area contributed by atoms with Gasteiger partial charge in [-0.2, -0.15) is 18.6 Å². The molecule has 4 amide bonds. The molecule has 2 saturated heterocycles. The van der Waals surface area contributed by atoms with Gasteiger partial charge in [-0.15, -0.1) is 0 Å². The zero-order valence-corrected chi connectivity index (χ0v) is 49.9. The number of ether oxygens (including phenoxy) is 1. The van der Waals surface area contributed by atoms with Gasteiger partial charge in [0.15, 0.2) is 5.69 Å². The van der Waals surface area contributed by atoms with Gasteiger partial charge in [-0.25, -0.2) is 19.3 Å². The molecule has 5 aromatic rings. The predicted octanol–water partition coefficient (Wildman–Crippen LogP) is 10.4. The number of rotatable bonds is 15. The number of benzene rings is 3. The number of halogens is 1. The lowest BCUT2D eigenvalue weighted by molar-refractivity contribution is -0.120. The van der Waals surface area contributed by atoms with E-state index < -0.39 is 17.6 Å². The van der Waals surface area contributed by atoms with Crippen molar-refractivity contribution in [2.24, 2.45) is 5.92 Å². The van der Waals surface area contributed by atoms with Gasteiger partial charge >= 0.3 is 6.09 Å². The van der Waals surface area contributed by atoms with Crippen molar-refractivity contribution >= 4 is 55.7 Å². The van der Waals surface area contributed by atoms with Crippen molar-refractivity contribution in [3.05, 3.63) is 181 Å². The fraction of sp³-hybridized carbons (Fsp3) is 0.409. The van der Waals surface area contributed by atoms with E-state index in [9.17, 15) is 28.4 Å². The lowest BCUT2D eigenvalue weighted by Gasteiger charge is -2.38. The first-order valence-electron chi connectivity index (χ1n) is 27.8. The number of aromatic amines is 1. The van der Waals surface area contributed by atoms with Crippen LogP contribution in [-0.4, -0.2) is 124 Å². The van der Waals surface area contributed by atoms with Gasteiger partial charge < -0.3 is 19.9 Å². The minimum absolute atomic E-state index is 0. The standard InChI is InChI=1S/C41H56N6O5.C16H15FN2O.C8H10.CH4.H2S/c1-8-11-33(22-30(3)4)27-47(40(51)52-41(5,6)7)28-37(49)43-36-24-35(34-13-10-12-31(9-2)23-34)25-42-38(36)39(50)46-16-14-32(15-17-46)26-44-18-20-45(29-48)21-19-44;1-10-8-11(6-7-14(10)17)9-15-12-4-2-3-5-13(12)16(20)19-18-15;1-7-4-3-5-8(2)6-7;;/h8,10-13,22-25,29,32H,1,9,14-21,26-28H2,2-7H3,(H,43,49);4-8H,2-3,9H2,1H3,(H,19,20);3-6H,1-2H3;1H4;1H2/b33-11+;;;;. The van der Waals surface area contributed by atoms with Gasteiger partial charge in [-0.3, -0.25) is 29.0 Å². The normalized spacial score (nSPS) is 14.2. The van der Waals surface area contributed by atoms with E-state index in [1.165, 1.54) is 22.1 Å². The van der Waals surface area contributed by atoms with E-state index in [1.807, 2.05) is 54.0 Å². The van der Waals surface area contributed by atoms with E-state index in [0.717, 1.165) is 116 Å². The van der Waals surface area contributed by atoms with Crippen LogP contribution in [-0.2, 0) is 27.2 Å². The van der Waals surface area contributed by atoms with Gasteiger partial charge in [0, 0.05) is 81.0 Å². The molecule has 0 radical (unpaired) electrons. The summed E-state index contributed by atoms with van der Waals surface area (Å²) in [4.78, 5) is 76.2. The molecule has 2 aromatic heterocycles. The molecule has 4 heterocycles. The number of carbonyl (C=O) groups is 4. The number of pyridine rings is 1. The quantitative estimate of drug-likeness (QED) is 0.0768. The summed E-state index contributed by atoms with van der Waals surface area (Å²) in [6, 6.07) is 23.4. The van der Waals surface area contributed by atoms with Gasteiger partial charge in [0.05, 0.1) is 11.4 Å². The van der Waals surface area contributed by atoms with Crippen LogP contribution in [0.15, 0.2) is 120 Å². The van der Waals surface area contributed by atoms with Gasteiger partial charge in [0.2, 0.25) is 12.3 Å². The minimum Gasteiger partial charge on any atom is -0.444 e. The number of nitrogens with zero attached hydrogens (tertiary/aromatic N) is 6. The van der Waals surface area contributed by atoms with Crippen LogP contribution in [0.1, 0.15) is 119 Å². The second-order valence-electron chi connectivity index (χ2n) is 22.2. The molecular formula is C66H87FN8O6S. The number of hydrogen-bond acceptors (Lipinski definition) is 9. The number of aryl methyl sites for hydroxylation is 4. The number of aromatic nitrogens is 3. The second-order valence-corrected chi connectivity index (χ2v) is 22.2.